The molecule has 202 valence electrons. The van der Waals surface area contributed by atoms with E-state index < -0.39 is 12.6 Å². The minimum Gasteiger partial charge on any atom is -0.394 e. The van der Waals surface area contributed by atoms with E-state index in [-0.39, 0.29) is 24.7 Å². The smallest absolute Gasteiger partial charge is 0.394 e. The lowest BCUT2D eigenvalue weighted by Gasteiger charge is -2.30. The number of aromatic amines is 1. The molecule has 5 rings (SSSR count). The number of hydrogen-bond acceptors (Lipinski definition) is 4. The minimum atomic E-state index is -4.05. The first-order valence-electron chi connectivity index (χ1n) is 12.7. The molecule has 0 unspecified atom stereocenters. The van der Waals surface area contributed by atoms with Crippen LogP contribution < -0.4 is 20.9 Å². The van der Waals surface area contributed by atoms with Gasteiger partial charge in [0.25, 0.3) is 12.1 Å². The summed E-state index contributed by atoms with van der Waals surface area (Å²) in [6.45, 7) is 0.135. The van der Waals surface area contributed by atoms with E-state index >= 15 is 8.63 Å². The molecule has 0 radical (unpaired) electrons. The number of rotatable bonds is 9. The van der Waals surface area contributed by atoms with Crippen molar-refractivity contribution in [3.63, 3.8) is 0 Å². The van der Waals surface area contributed by atoms with E-state index in [1.807, 2.05) is 6.92 Å². The Labute approximate surface area is 222 Å². The van der Waals surface area contributed by atoms with Crippen LogP contribution in [0.1, 0.15) is 46.6 Å². The number of carbonyl (C=O) groups is 2. The van der Waals surface area contributed by atoms with E-state index in [1.165, 1.54) is 10.9 Å². The molecule has 0 saturated heterocycles. The number of nitrogens with one attached hydrogen (secondary N) is 3. The van der Waals surface area contributed by atoms with E-state index in [9.17, 15) is 14.4 Å². The maximum Gasteiger partial charge on any atom is 0.737 e. The van der Waals surface area contributed by atoms with Crippen molar-refractivity contribution < 1.29 is 31.9 Å². The van der Waals surface area contributed by atoms with Crippen LogP contribution in [-0.4, -0.2) is 51.8 Å². The van der Waals surface area contributed by atoms with Gasteiger partial charge in [-0.3, -0.25) is 14.1 Å². The number of amides is 2. The highest BCUT2D eigenvalue weighted by Gasteiger charge is 2.52. The molecule has 2 amide bonds. The number of benzene rings is 1. The molecule has 13 heteroatoms. The largest absolute Gasteiger partial charge is 0.737 e. The Morgan fingerprint density at radius 2 is 1.85 bits per heavy atom. The summed E-state index contributed by atoms with van der Waals surface area (Å²) in [6, 6.07) is 8.32. The Morgan fingerprint density at radius 1 is 1.10 bits per heavy atom. The van der Waals surface area contributed by atoms with Crippen LogP contribution in [0.3, 0.4) is 0 Å². The predicted molar refractivity (Wildman–Crippen MR) is 140 cm³/mol. The Balaban J connectivity index is 1.07. The van der Waals surface area contributed by atoms with Gasteiger partial charge in [0.1, 0.15) is 5.71 Å². The van der Waals surface area contributed by atoms with Crippen LogP contribution in [0.15, 0.2) is 63.7 Å². The number of aryl methyl sites for hydroxylation is 2. The molecule has 3 N–H and O–H groups in total. The van der Waals surface area contributed by atoms with E-state index in [0.717, 1.165) is 14.5 Å². The van der Waals surface area contributed by atoms with E-state index in [2.05, 4.69) is 20.4 Å². The maximum absolute atomic E-state index is 15.5. The van der Waals surface area contributed by atoms with Gasteiger partial charge < -0.3 is 28.2 Å². The van der Waals surface area contributed by atoms with Gasteiger partial charge in [-0.2, -0.15) is 0 Å². The number of allylic oxidation sites excluding steroid dienone is 2. The second-order valence-electron chi connectivity index (χ2n) is 9.59. The van der Waals surface area contributed by atoms with Crippen molar-refractivity contribution in [1.82, 2.24) is 20.4 Å². The molecule has 3 aromatic rings. The van der Waals surface area contributed by atoms with E-state index in [1.54, 1.807) is 55.5 Å². The molecule has 0 fully saturated rings. The van der Waals surface area contributed by atoms with Crippen molar-refractivity contribution in [3.8, 4) is 5.69 Å². The van der Waals surface area contributed by atoms with Crippen molar-refractivity contribution in [1.29, 1.82) is 0 Å². The lowest BCUT2D eigenvalue weighted by molar-refractivity contribution is -0.670. The normalized spacial score (nSPS) is 15.1. The first-order valence-corrected chi connectivity index (χ1v) is 12.7. The molecule has 0 saturated carbocycles. The van der Waals surface area contributed by atoms with Crippen LogP contribution >= 0.6 is 0 Å². The van der Waals surface area contributed by atoms with Gasteiger partial charge in [0, 0.05) is 67.5 Å². The average Bonchev–Trinajstić information content (AvgIpc) is 3.60. The van der Waals surface area contributed by atoms with Gasteiger partial charge in [-0.05, 0) is 59.7 Å². The molecule has 0 atom stereocenters. The maximum atomic E-state index is 15.5. The van der Waals surface area contributed by atoms with Crippen molar-refractivity contribution in [2.45, 2.75) is 33.1 Å². The van der Waals surface area contributed by atoms with Crippen LogP contribution in [-0.2, 0) is 4.79 Å². The molecular weight excluding hydrogens is 509 g/mol. The Hall–Kier alpha value is -4.55. The summed E-state index contributed by atoms with van der Waals surface area (Å²) in [6.07, 6.45) is 7.09. The van der Waals surface area contributed by atoms with Gasteiger partial charge in [0.15, 0.2) is 5.70 Å². The number of nitrogens with zero attached hydrogens (tertiary/aromatic N) is 3. The molecule has 10 nitrogen and oxygen atoms in total. The second kappa shape index (κ2) is 10.3. The fourth-order valence-corrected chi connectivity index (χ4v) is 5.00. The summed E-state index contributed by atoms with van der Waals surface area (Å²) in [5, 5.41) is 7.99. The highest BCUT2D eigenvalue weighted by Crippen LogP contribution is 2.34. The van der Waals surface area contributed by atoms with Crippen LogP contribution in [0.2, 0.25) is 0 Å². The standard InChI is InChI=1S/C26H27BF2N6O4/c1-17-14-18(2)34-23(17)15-22-9-8-21(35(22)27(34,28)29)10-11-24(36)30-12-3-13-31-26(38)19-4-6-20(7-5-19)33-16-25(37)39-32-33/h4-9,14-16H,3,10-13H2,1-2H3,(H2-,30,31,32,36,37,38)/p+1. The summed E-state index contributed by atoms with van der Waals surface area (Å²) >= 11 is 0. The quantitative estimate of drug-likeness (QED) is 0.220. The molecule has 0 bridgehead atoms. The van der Waals surface area contributed by atoms with Gasteiger partial charge in [0.2, 0.25) is 11.6 Å². The molecule has 2 aliphatic heterocycles. The Morgan fingerprint density at radius 3 is 2.56 bits per heavy atom. The fourth-order valence-electron chi connectivity index (χ4n) is 5.00. The number of hydrogen-bond donors (Lipinski definition) is 3. The number of fused-ring (bicyclic) bond motifs is 2. The second-order valence-corrected chi connectivity index (χ2v) is 9.59. The van der Waals surface area contributed by atoms with Crippen molar-refractivity contribution in [2.24, 2.45) is 0 Å². The first-order chi connectivity index (χ1) is 18.6. The van der Waals surface area contributed by atoms with Gasteiger partial charge in [0.05, 0.1) is 0 Å². The van der Waals surface area contributed by atoms with Crippen LogP contribution in [0, 0.1) is 13.8 Å². The van der Waals surface area contributed by atoms with Crippen molar-refractivity contribution >= 4 is 30.6 Å². The zero-order chi connectivity index (χ0) is 27.7. The fraction of sp³-hybridized carbons (Fsp3) is 0.269. The molecule has 1 aromatic carbocycles. The molecule has 39 heavy (non-hydrogen) atoms. The Kier molecular flexibility index (Phi) is 6.90. The third-order valence-electron chi connectivity index (χ3n) is 6.87. The van der Waals surface area contributed by atoms with E-state index in [4.69, 9.17) is 0 Å². The van der Waals surface area contributed by atoms with Crippen LogP contribution in [0.25, 0.3) is 11.8 Å². The lowest BCUT2D eigenvalue weighted by atomic mass is 9.90. The summed E-state index contributed by atoms with van der Waals surface area (Å²) in [4.78, 5) is 35.8. The lowest BCUT2D eigenvalue weighted by Crippen LogP contribution is -2.50. The monoisotopic (exact) mass is 537 g/mol. The van der Waals surface area contributed by atoms with E-state index in [0.29, 0.717) is 53.6 Å². The summed E-state index contributed by atoms with van der Waals surface area (Å²) < 4.78 is 39.1. The third-order valence-corrected chi connectivity index (χ3v) is 6.87. The predicted octanol–water partition coefficient (Wildman–Crippen LogP) is 1.98. The molecule has 0 aliphatic carbocycles. The number of carbonyl (C=O) groups excluding carboxylic acids is 2. The molecule has 2 aromatic heterocycles. The van der Waals surface area contributed by atoms with Crippen molar-refractivity contribution in [3.05, 3.63) is 87.3 Å². The zero-order valence-corrected chi connectivity index (χ0v) is 21.5. The summed E-state index contributed by atoms with van der Waals surface area (Å²) in [7, 11) is 0. The molecular formula is C26H28BF2N6O4+. The third kappa shape index (κ3) is 5.11. The summed E-state index contributed by atoms with van der Waals surface area (Å²) in [5.41, 5.74) is 3.22. The molecule has 4 heterocycles. The Bertz CT molecular complexity index is 1600. The van der Waals surface area contributed by atoms with Gasteiger partial charge in [-0.15, -0.1) is 0 Å². The van der Waals surface area contributed by atoms with Crippen LogP contribution in [0.4, 0.5) is 8.63 Å². The number of H-pyrrole nitrogens is 1. The molecule has 2 aliphatic rings. The van der Waals surface area contributed by atoms with Crippen LogP contribution in [0.5, 0.6) is 0 Å². The SMILES string of the molecule is Cc1cc(C)n2c1C=C1C=CC(CCC(=O)NCCCNC(=O)c3ccc(-[n+]4cc(=O)o[nH]4)cc3)=[N+]1[B-]2(F)F. The highest BCUT2D eigenvalue weighted by molar-refractivity contribution is 6.58. The summed E-state index contributed by atoms with van der Waals surface area (Å²) in [5.74, 6) is -0.515. The van der Waals surface area contributed by atoms with Gasteiger partial charge >= 0.3 is 12.6 Å². The molecule has 0 spiro atoms. The average molecular weight is 537 g/mol. The topological polar surface area (TPSA) is 116 Å². The zero-order valence-electron chi connectivity index (χ0n) is 21.5. The van der Waals surface area contributed by atoms with Gasteiger partial charge in [-0.25, -0.2) is 4.79 Å². The minimum absolute atomic E-state index is 0.0742. The highest BCUT2D eigenvalue weighted by atomic mass is 19.2. The van der Waals surface area contributed by atoms with Gasteiger partial charge in [-0.1, -0.05) is 0 Å². The first kappa shape index (κ1) is 26.1. The number of halogens is 2. The van der Waals surface area contributed by atoms with Crippen molar-refractivity contribution in [2.75, 3.05) is 13.1 Å². The number of aromatic nitrogens is 3.